The van der Waals surface area contributed by atoms with E-state index >= 15 is 0 Å². The van der Waals surface area contributed by atoms with Crippen molar-refractivity contribution in [3.05, 3.63) is 72.9 Å². The van der Waals surface area contributed by atoms with Crippen LogP contribution in [0.4, 0.5) is 0 Å². The lowest BCUT2D eigenvalue weighted by Crippen LogP contribution is -2.44. The lowest BCUT2D eigenvalue weighted by Gasteiger charge is -2.26. The highest BCUT2D eigenvalue weighted by Gasteiger charge is 2.22. The van der Waals surface area contributed by atoms with Crippen LogP contribution in [0.25, 0.3) is 0 Å². The third-order valence-electron chi connectivity index (χ3n) is 13.9. The molecule has 0 aromatic heterocycles. The monoisotopic (exact) mass is 1080 g/mol. The first-order chi connectivity index (χ1) is 37.6. The Morgan fingerprint density at radius 2 is 0.740 bits per heavy atom. The Hall–Kier alpha value is -3.27. The fourth-order valence-corrected chi connectivity index (χ4v) is 9.03. The number of hydrogen-bond acceptors (Lipinski definition) is 8. The van der Waals surface area contributed by atoms with Crippen LogP contribution in [0, 0.1) is 0 Å². The van der Waals surface area contributed by atoms with E-state index < -0.39 is 24.3 Å². The van der Waals surface area contributed by atoms with Gasteiger partial charge in [0.15, 0.2) is 12.4 Å². The molecule has 0 saturated carbocycles. The molecule has 9 nitrogen and oxygen atoms in total. The van der Waals surface area contributed by atoms with E-state index in [1.54, 1.807) is 0 Å². The molecule has 446 valence electrons. The Morgan fingerprint density at radius 3 is 1.10 bits per heavy atom. The van der Waals surface area contributed by atoms with Gasteiger partial charge in [-0.2, -0.15) is 0 Å². The first kappa shape index (κ1) is 73.7. The van der Waals surface area contributed by atoms with Gasteiger partial charge in [0.2, 0.25) is 0 Å². The van der Waals surface area contributed by atoms with E-state index in [2.05, 4.69) is 86.8 Å². The van der Waals surface area contributed by atoms with Crippen molar-refractivity contribution in [3.8, 4) is 0 Å². The minimum Gasteiger partial charge on any atom is -0.545 e. The van der Waals surface area contributed by atoms with Gasteiger partial charge in [0, 0.05) is 12.8 Å². The molecule has 0 fully saturated rings. The molecular formula is C68H121NO8. The summed E-state index contributed by atoms with van der Waals surface area (Å²) in [5.74, 6) is -2.30. The Balaban J connectivity index is 4.02. The van der Waals surface area contributed by atoms with Crippen molar-refractivity contribution >= 4 is 17.9 Å². The Kier molecular flexibility index (Phi) is 56.4. The highest BCUT2D eigenvalue weighted by Crippen LogP contribution is 2.17. The lowest BCUT2D eigenvalue weighted by atomic mass is 10.0. The highest BCUT2D eigenvalue weighted by molar-refractivity contribution is 5.70. The summed E-state index contributed by atoms with van der Waals surface area (Å²) in [6.07, 6.45) is 74.2. The van der Waals surface area contributed by atoms with E-state index in [0.29, 0.717) is 17.4 Å². The maximum Gasteiger partial charge on any atom is 0.306 e. The molecule has 0 saturated heterocycles. The van der Waals surface area contributed by atoms with Crippen molar-refractivity contribution in [2.24, 2.45) is 0 Å². The molecule has 0 heterocycles. The number of unbranched alkanes of at least 4 members (excludes halogenated alkanes) is 32. The highest BCUT2D eigenvalue weighted by atomic mass is 16.7. The lowest BCUT2D eigenvalue weighted by molar-refractivity contribution is -0.870. The number of carboxylic acid groups (broad SMARTS) is 1. The third-order valence-corrected chi connectivity index (χ3v) is 13.9. The standard InChI is InChI=1S/C68H121NO8/c1-6-8-10-12-14-16-18-20-22-23-24-25-26-27-28-29-30-31-32-33-34-35-36-37-38-39-40-41-42-43-45-47-49-51-53-55-57-59-66(71)77-64(63-76-68(67(72)73)74-61-60-69(3,4)5)62-75-65(70)58-56-54-52-50-48-46-44-21-19-17-15-13-11-9-7-2/h9,11,15,17-18,20-21,23-24,26-27,44,64,68H,6-8,10,12-14,16,19,22,25,28-43,45-63H2,1-5H3/b11-9-,17-15-,20-18-,24-23-,27-26-,44-21-. The number of nitrogens with zero attached hydrogens (tertiary/aromatic N) is 1. The topological polar surface area (TPSA) is 111 Å². The molecule has 0 aliphatic rings. The second-order valence-corrected chi connectivity index (χ2v) is 22.7. The molecule has 0 aliphatic carbocycles. The number of rotatable bonds is 59. The van der Waals surface area contributed by atoms with Gasteiger partial charge in [-0.3, -0.25) is 9.59 Å². The normalized spacial score (nSPS) is 13.2. The Morgan fingerprint density at radius 1 is 0.403 bits per heavy atom. The van der Waals surface area contributed by atoms with E-state index in [1.165, 1.54) is 167 Å². The number of likely N-dealkylation sites (N-methyl/N-ethyl adjacent to an activating group) is 1. The van der Waals surface area contributed by atoms with Crippen LogP contribution in [0.2, 0.25) is 0 Å². The smallest absolute Gasteiger partial charge is 0.306 e. The van der Waals surface area contributed by atoms with Crippen molar-refractivity contribution in [1.82, 2.24) is 0 Å². The molecule has 0 aromatic rings. The summed E-state index contributed by atoms with van der Waals surface area (Å²) >= 11 is 0. The average molecular weight is 1080 g/mol. The van der Waals surface area contributed by atoms with Gasteiger partial charge >= 0.3 is 11.9 Å². The van der Waals surface area contributed by atoms with Crippen LogP contribution in [0.15, 0.2) is 72.9 Å². The number of carbonyl (C=O) groups is 3. The van der Waals surface area contributed by atoms with Crippen LogP contribution < -0.4 is 5.11 Å². The number of esters is 2. The van der Waals surface area contributed by atoms with Gasteiger partial charge in [-0.05, 0) is 83.5 Å². The second-order valence-electron chi connectivity index (χ2n) is 22.7. The average Bonchev–Trinajstić information content (AvgIpc) is 3.40. The van der Waals surface area contributed by atoms with Gasteiger partial charge in [-0.25, -0.2) is 0 Å². The number of allylic oxidation sites excluding steroid dienone is 12. The summed E-state index contributed by atoms with van der Waals surface area (Å²) in [7, 11) is 5.92. The molecule has 0 spiro atoms. The van der Waals surface area contributed by atoms with Gasteiger partial charge < -0.3 is 33.3 Å². The Labute approximate surface area is 475 Å². The summed E-state index contributed by atoms with van der Waals surface area (Å²) in [4.78, 5) is 37.3. The van der Waals surface area contributed by atoms with Crippen molar-refractivity contribution in [2.45, 2.75) is 296 Å². The van der Waals surface area contributed by atoms with Crippen molar-refractivity contribution in [1.29, 1.82) is 0 Å². The zero-order valence-corrected chi connectivity index (χ0v) is 50.8. The number of carbonyl (C=O) groups excluding carboxylic acids is 3. The maximum atomic E-state index is 12.9. The fourth-order valence-electron chi connectivity index (χ4n) is 9.03. The molecule has 77 heavy (non-hydrogen) atoms. The Bertz CT molecular complexity index is 1490. The summed E-state index contributed by atoms with van der Waals surface area (Å²) in [5, 5.41) is 11.8. The third kappa shape index (κ3) is 60.2. The summed E-state index contributed by atoms with van der Waals surface area (Å²) in [6, 6.07) is 0. The summed E-state index contributed by atoms with van der Waals surface area (Å²) in [6.45, 7) is 4.62. The van der Waals surface area contributed by atoms with Gasteiger partial charge in [0.05, 0.1) is 40.3 Å². The first-order valence-corrected chi connectivity index (χ1v) is 32.1. The first-order valence-electron chi connectivity index (χ1n) is 32.1. The molecular weight excluding hydrogens is 959 g/mol. The molecule has 0 aliphatic heterocycles. The van der Waals surface area contributed by atoms with Crippen LogP contribution in [-0.4, -0.2) is 82.3 Å². The van der Waals surface area contributed by atoms with Gasteiger partial charge in [0.1, 0.15) is 13.2 Å². The fraction of sp³-hybridized carbons (Fsp3) is 0.779. The van der Waals surface area contributed by atoms with E-state index in [1.807, 2.05) is 21.1 Å². The minimum absolute atomic E-state index is 0.144. The maximum absolute atomic E-state index is 12.9. The van der Waals surface area contributed by atoms with Gasteiger partial charge in [-0.15, -0.1) is 0 Å². The molecule has 0 bridgehead atoms. The van der Waals surface area contributed by atoms with Crippen LogP contribution in [0.3, 0.4) is 0 Å². The number of carboxylic acids is 1. The van der Waals surface area contributed by atoms with Crippen molar-refractivity contribution < 1.29 is 42.9 Å². The van der Waals surface area contributed by atoms with E-state index in [-0.39, 0.29) is 38.6 Å². The number of aliphatic carboxylic acids is 1. The number of quaternary nitrogens is 1. The molecule has 0 rings (SSSR count). The molecule has 0 N–H and O–H groups in total. The number of ether oxygens (including phenoxy) is 4. The zero-order valence-electron chi connectivity index (χ0n) is 50.8. The molecule has 9 heteroatoms. The number of hydrogen-bond donors (Lipinski definition) is 0. The molecule has 0 aromatic carbocycles. The van der Waals surface area contributed by atoms with Crippen LogP contribution in [0.1, 0.15) is 284 Å². The predicted octanol–water partition coefficient (Wildman–Crippen LogP) is 18.0. The zero-order chi connectivity index (χ0) is 56.2. The second kappa shape index (κ2) is 58.9. The van der Waals surface area contributed by atoms with Crippen LogP contribution >= 0.6 is 0 Å². The molecule has 0 radical (unpaired) electrons. The summed E-state index contributed by atoms with van der Waals surface area (Å²) in [5.41, 5.74) is 0. The van der Waals surface area contributed by atoms with Crippen molar-refractivity contribution in [2.75, 3.05) is 47.5 Å². The van der Waals surface area contributed by atoms with Crippen molar-refractivity contribution in [3.63, 3.8) is 0 Å². The van der Waals surface area contributed by atoms with E-state index in [9.17, 15) is 19.5 Å². The predicted molar refractivity (Wildman–Crippen MR) is 325 cm³/mol. The van der Waals surface area contributed by atoms with Gasteiger partial charge in [0.25, 0.3) is 0 Å². The van der Waals surface area contributed by atoms with E-state index in [0.717, 1.165) is 83.5 Å². The minimum atomic E-state index is -1.63. The molecule has 2 unspecified atom stereocenters. The largest absolute Gasteiger partial charge is 0.545 e. The SMILES string of the molecule is CC/C=C\C/C=C\C/C=C\CCCCCCCC(=O)OCC(COC(OCC[N+](C)(C)C)C(=O)[O-])OC(=O)CCCCCCCCCCCCCCCCCCCCCCCC/C=C\C/C=C\C/C=C\CCCCCCC. The molecule has 2 atom stereocenters. The quantitative estimate of drug-likeness (QED) is 0.0195. The van der Waals surface area contributed by atoms with Crippen LogP contribution in [-0.2, 0) is 33.3 Å². The summed E-state index contributed by atoms with van der Waals surface area (Å²) < 4.78 is 22.7. The van der Waals surface area contributed by atoms with Crippen LogP contribution in [0.5, 0.6) is 0 Å². The van der Waals surface area contributed by atoms with Gasteiger partial charge in [-0.1, -0.05) is 260 Å². The van der Waals surface area contributed by atoms with E-state index in [4.69, 9.17) is 18.9 Å². The molecule has 0 amide bonds.